The average Bonchev–Trinajstić information content (AvgIpc) is 2.57. The third-order valence-corrected chi connectivity index (χ3v) is 4.30. The smallest absolute Gasteiger partial charge is 0.433 e. The summed E-state index contributed by atoms with van der Waals surface area (Å²) < 4.78 is 72.6. The van der Waals surface area contributed by atoms with E-state index in [4.69, 9.17) is 4.74 Å². The van der Waals surface area contributed by atoms with Crippen molar-refractivity contribution in [2.75, 3.05) is 13.2 Å². The van der Waals surface area contributed by atoms with Gasteiger partial charge in [-0.15, -0.1) is 0 Å². The Morgan fingerprint density at radius 2 is 1.93 bits per heavy atom. The first-order valence-corrected chi connectivity index (χ1v) is 8.79. The van der Waals surface area contributed by atoms with Crippen LogP contribution in [0.25, 0.3) is 0 Å². The summed E-state index contributed by atoms with van der Waals surface area (Å²) >= 11 is 0. The Morgan fingerprint density at radius 3 is 2.43 bits per heavy atom. The van der Waals surface area contributed by atoms with Gasteiger partial charge in [0.05, 0.1) is 12.6 Å². The number of ether oxygens (including phenoxy) is 2. The Bertz CT molecular complexity index is 659. The molecule has 1 aliphatic heterocycles. The number of alkyl halides is 5. The molecule has 0 aromatic carbocycles. The van der Waals surface area contributed by atoms with E-state index in [1.165, 1.54) is 11.0 Å². The molecule has 0 N–H and O–H groups in total. The molecule has 0 aliphatic carbocycles. The van der Waals surface area contributed by atoms with Crippen molar-refractivity contribution in [2.45, 2.75) is 64.0 Å². The van der Waals surface area contributed by atoms with Crippen LogP contribution in [-0.2, 0) is 15.7 Å². The van der Waals surface area contributed by atoms with Gasteiger partial charge in [-0.25, -0.2) is 4.79 Å². The molecule has 10 heteroatoms. The number of amides is 1. The Hall–Kier alpha value is -1.97. The minimum absolute atomic E-state index is 0.110. The molecule has 2 atom stereocenters. The van der Waals surface area contributed by atoms with Gasteiger partial charge in [0.1, 0.15) is 11.3 Å². The zero-order chi connectivity index (χ0) is 21.1. The largest absolute Gasteiger partial charge is 0.444 e. The lowest BCUT2D eigenvalue weighted by molar-refractivity contribution is -0.143. The van der Waals surface area contributed by atoms with Crippen LogP contribution in [0, 0.1) is 0 Å². The van der Waals surface area contributed by atoms with E-state index in [0.717, 1.165) is 12.3 Å². The van der Waals surface area contributed by atoms with E-state index in [1.807, 2.05) is 0 Å². The molecular formula is C18H23F5N2O3. The number of rotatable bonds is 4. The van der Waals surface area contributed by atoms with E-state index in [1.54, 1.807) is 20.8 Å². The average molecular weight is 410 g/mol. The molecule has 0 saturated carbocycles. The normalized spacial score (nSPS) is 21.1. The predicted molar refractivity (Wildman–Crippen MR) is 89.9 cm³/mol. The summed E-state index contributed by atoms with van der Waals surface area (Å²) in [7, 11) is 0. The van der Waals surface area contributed by atoms with Crippen LogP contribution >= 0.6 is 0 Å². The predicted octanol–water partition coefficient (Wildman–Crippen LogP) is 4.82. The van der Waals surface area contributed by atoms with Gasteiger partial charge in [0.15, 0.2) is 0 Å². The molecule has 1 aliphatic rings. The number of aromatic nitrogens is 1. The van der Waals surface area contributed by atoms with Crippen molar-refractivity contribution < 1.29 is 36.2 Å². The van der Waals surface area contributed by atoms with Crippen molar-refractivity contribution in [1.29, 1.82) is 0 Å². The highest BCUT2D eigenvalue weighted by molar-refractivity contribution is 5.69. The highest BCUT2D eigenvalue weighted by atomic mass is 19.4. The minimum atomic E-state index is -4.54. The standard InChI is InChI=1S/C18H23F5N2O3/c1-17(2,3)28-16(26)25-9-12(4-6-13(25)10-27-15(19)20)11-5-7-14(24-8-11)18(21,22)23/h5,7-8,12-13,15H,4,6,9-10H2,1-3H3. The van der Waals surface area contributed by atoms with Gasteiger partial charge in [0, 0.05) is 18.7 Å². The zero-order valence-electron chi connectivity index (χ0n) is 15.8. The SMILES string of the molecule is CC(C)(C)OC(=O)N1CC(c2ccc(C(F)(F)F)nc2)CCC1COC(F)F. The maximum atomic E-state index is 12.7. The van der Waals surface area contributed by atoms with Crippen molar-refractivity contribution in [2.24, 2.45) is 0 Å². The van der Waals surface area contributed by atoms with E-state index in [9.17, 15) is 26.7 Å². The van der Waals surface area contributed by atoms with Crippen LogP contribution < -0.4 is 0 Å². The maximum absolute atomic E-state index is 12.7. The summed E-state index contributed by atoms with van der Waals surface area (Å²) in [6.45, 7) is 1.83. The van der Waals surface area contributed by atoms with Crippen molar-refractivity contribution in [3.8, 4) is 0 Å². The van der Waals surface area contributed by atoms with Crippen molar-refractivity contribution in [3.63, 3.8) is 0 Å². The summed E-state index contributed by atoms with van der Waals surface area (Å²) in [6.07, 6.45) is -3.25. The number of hydrogen-bond acceptors (Lipinski definition) is 4. The molecule has 1 amide bonds. The molecule has 0 radical (unpaired) electrons. The van der Waals surface area contributed by atoms with Crippen LogP contribution in [0.5, 0.6) is 0 Å². The lowest BCUT2D eigenvalue weighted by Crippen LogP contribution is -2.50. The molecule has 28 heavy (non-hydrogen) atoms. The van der Waals surface area contributed by atoms with Crippen LogP contribution in [0.4, 0.5) is 26.7 Å². The quantitative estimate of drug-likeness (QED) is 0.668. The molecule has 1 saturated heterocycles. The number of likely N-dealkylation sites (tertiary alicyclic amines) is 1. The van der Waals surface area contributed by atoms with E-state index in [-0.39, 0.29) is 19.1 Å². The van der Waals surface area contributed by atoms with Crippen LogP contribution in [0.1, 0.15) is 50.8 Å². The van der Waals surface area contributed by atoms with Crippen LogP contribution in [0.15, 0.2) is 18.3 Å². The lowest BCUT2D eigenvalue weighted by atomic mass is 9.88. The molecule has 1 fully saturated rings. The fraction of sp³-hybridized carbons (Fsp3) is 0.667. The first-order valence-electron chi connectivity index (χ1n) is 8.79. The van der Waals surface area contributed by atoms with Gasteiger partial charge in [0.25, 0.3) is 0 Å². The van der Waals surface area contributed by atoms with Crippen molar-refractivity contribution in [1.82, 2.24) is 9.88 Å². The van der Waals surface area contributed by atoms with Gasteiger partial charge < -0.3 is 14.4 Å². The second kappa shape index (κ2) is 8.59. The molecule has 158 valence electrons. The highest BCUT2D eigenvalue weighted by Crippen LogP contribution is 2.33. The van der Waals surface area contributed by atoms with Crippen molar-refractivity contribution >= 4 is 6.09 Å². The monoisotopic (exact) mass is 410 g/mol. The molecule has 2 heterocycles. The number of carbonyl (C=O) groups is 1. The third kappa shape index (κ3) is 6.29. The van der Waals surface area contributed by atoms with E-state index < -0.39 is 36.2 Å². The fourth-order valence-electron chi connectivity index (χ4n) is 3.02. The Morgan fingerprint density at radius 1 is 1.25 bits per heavy atom. The Balaban J connectivity index is 2.16. The number of hydrogen-bond donors (Lipinski definition) is 0. The number of halogens is 5. The third-order valence-electron chi connectivity index (χ3n) is 4.30. The second-order valence-electron chi connectivity index (χ2n) is 7.63. The van der Waals surface area contributed by atoms with Gasteiger partial charge in [-0.05, 0) is 45.2 Å². The topological polar surface area (TPSA) is 51.7 Å². The minimum Gasteiger partial charge on any atom is -0.444 e. The molecule has 5 nitrogen and oxygen atoms in total. The van der Waals surface area contributed by atoms with Crippen LogP contribution in [0.2, 0.25) is 0 Å². The molecule has 2 unspecified atom stereocenters. The van der Waals surface area contributed by atoms with Gasteiger partial charge in [-0.3, -0.25) is 4.98 Å². The number of nitrogens with zero attached hydrogens (tertiary/aromatic N) is 2. The van der Waals surface area contributed by atoms with Gasteiger partial charge in [-0.2, -0.15) is 22.0 Å². The first kappa shape index (κ1) is 22.3. The van der Waals surface area contributed by atoms with E-state index in [0.29, 0.717) is 18.4 Å². The summed E-state index contributed by atoms with van der Waals surface area (Å²) in [4.78, 5) is 17.3. The molecule has 0 spiro atoms. The summed E-state index contributed by atoms with van der Waals surface area (Å²) in [5.41, 5.74) is -1.25. The Kier molecular flexibility index (Phi) is 6.84. The van der Waals surface area contributed by atoms with Gasteiger partial charge in [-0.1, -0.05) is 6.07 Å². The molecule has 1 aromatic rings. The van der Waals surface area contributed by atoms with E-state index >= 15 is 0 Å². The fourth-order valence-corrected chi connectivity index (χ4v) is 3.02. The van der Waals surface area contributed by atoms with Gasteiger partial charge in [0.2, 0.25) is 0 Å². The zero-order valence-corrected chi connectivity index (χ0v) is 15.8. The molecule has 2 rings (SSSR count). The summed E-state index contributed by atoms with van der Waals surface area (Å²) in [6, 6.07) is 1.60. The molecule has 1 aromatic heterocycles. The van der Waals surface area contributed by atoms with Gasteiger partial charge >= 0.3 is 18.9 Å². The highest BCUT2D eigenvalue weighted by Gasteiger charge is 2.36. The number of piperidine rings is 1. The summed E-state index contributed by atoms with van der Waals surface area (Å²) in [5.74, 6) is -0.287. The summed E-state index contributed by atoms with van der Waals surface area (Å²) in [5, 5.41) is 0. The number of pyridine rings is 1. The maximum Gasteiger partial charge on any atom is 0.433 e. The molecule has 0 bridgehead atoms. The van der Waals surface area contributed by atoms with Crippen LogP contribution in [0.3, 0.4) is 0 Å². The van der Waals surface area contributed by atoms with Crippen LogP contribution in [-0.4, -0.2) is 47.4 Å². The van der Waals surface area contributed by atoms with Crippen molar-refractivity contribution in [3.05, 3.63) is 29.6 Å². The lowest BCUT2D eigenvalue weighted by Gasteiger charge is -2.40. The van der Waals surface area contributed by atoms with E-state index in [2.05, 4.69) is 9.72 Å². The molecular weight excluding hydrogens is 387 g/mol. The Labute approximate surface area is 159 Å². The number of carbonyl (C=O) groups excluding carboxylic acids is 1. The second-order valence-corrected chi connectivity index (χ2v) is 7.63. The first-order chi connectivity index (χ1) is 12.9.